The van der Waals surface area contributed by atoms with E-state index in [2.05, 4.69) is 4.98 Å². The summed E-state index contributed by atoms with van der Waals surface area (Å²) in [7, 11) is 0. The zero-order valence-electron chi connectivity index (χ0n) is 14.9. The van der Waals surface area contributed by atoms with Gasteiger partial charge in [-0.15, -0.1) is 0 Å². The summed E-state index contributed by atoms with van der Waals surface area (Å²) in [5.74, 6) is -3.08. The summed E-state index contributed by atoms with van der Waals surface area (Å²) in [5.41, 5.74) is 0. The van der Waals surface area contributed by atoms with Crippen molar-refractivity contribution in [2.45, 2.75) is 41.5 Å². The maximum absolute atomic E-state index is 12.2. The van der Waals surface area contributed by atoms with E-state index in [0.29, 0.717) is 3.71 Å². The van der Waals surface area contributed by atoms with Gasteiger partial charge >= 0.3 is 147 Å². The molecule has 8 heteroatoms. The molecule has 0 aliphatic heterocycles. The van der Waals surface area contributed by atoms with Gasteiger partial charge in [0, 0.05) is 0 Å². The van der Waals surface area contributed by atoms with Gasteiger partial charge < -0.3 is 0 Å². The fourth-order valence-corrected chi connectivity index (χ4v) is 8.68. The Morgan fingerprint density at radius 2 is 1.21 bits per heavy atom. The Morgan fingerprint density at radius 3 is 1.46 bits per heavy atom. The zero-order valence-corrected chi connectivity index (χ0v) is 17.8. The van der Waals surface area contributed by atoms with Gasteiger partial charge in [-0.1, -0.05) is 0 Å². The summed E-state index contributed by atoms with van der Waals surface area (Å²) in [5, 5.41) is 0. The molecular formula is C16H25NO6Sn. The predicted octanol–water partition coefficient (Wildman–Crippen LogP) is 1.76. The summed E-state index contributed by atoms with van der Waals surface area (Å²) >= 11 is -5.04. The summed E-state index contributed by atoms with van der Waals surface area (Å²) < 4.78 is 17.0. The normalized spacial score (nSPS) is 11.7. The zero-order chi connectivity index (χ0) is 18.5. The van der Waals surface area contributed by atoms with E-state index in [4.69, 9.17) is 9.22 Å². The Hall–Kier alpha value is -1.51. The Labute approximate surface area is 147 Å². The molecule has 0 amide bonds. The molecule has 0 radical (unpaired) electrons. The molecule has 1 aromatic rings. The summed E-state index contributed by atoms with van der Waals surface area (Å²) in [6, 6.07) is 3.27. The number of aromatic amines is 1. The first-order valence-corrected chi connectivity index (χ1v) is 12.8. The van der Waals surface area contributed by atoms with Crippen LogP contribution in [0.25, 0.3) is 0 Å². The number of H-pyrrole nitrogens is 1. The molecule has 1 aromatic heterocycles. The predicted molar refractivity (Wildman–Crippen MR) is 89.0 cm³/mol. The Kier molecular flexibility index (Phi) is 7.31. The minimum absolute atomic E-state index is 0.348. The Morgan fingerprint density at radius 1 is 0.833 bits per heavy atom. The molecule has 0 aromatic carbocycles. The average Bonchev–Trinajstić information content (AvgIpc) is 3.01. The van der Waals surface area contributed by atoms with Crippen LogP contribution in [0.1, 0.15) is 41.5 Å². The van der Waals surface area contributed by atoms with Gasteiger partial charge in [-0.3, -0.25) is 0 Å². The van der Waals surface area contributed by atoms with Crippen molar-refractivity contribution >= 4 is 41.2 Å². The van der Waals surface area contributed by atoms with Crippen LogP contribution >= 0.6 is 0 Å². The minimum atomic E-state index is -5.04. The van der Waals surface area contributed by atoms with Crippen LogP contribution in [0.2, 0.25) is 0 Å². The standard InChI is InChI=1S/C4H4N.3C4H8O2.Sn/c1-2-4-5-3-1;3*1-3(2)4(5)6;/h1-3,5H;3*3H,1-2H3,(H,5,6);/q;;;;+3/p-3. The van der Waals surface area contributed by atoms with Gasteiger partial charge in [0.25, 0.3) is 0 Å². The number of carbonyl (C=O) groups excluding carboxylic acids is 3. The summed E-state index contributed by atoms with van der Waals surface area (Å²) in [4.78, 5) is 39.4. The number of carbonyl (C=O) groups is 3. The van der Waals surface area contributed by atoms with Crippen molar-refractivity contribution in [3.8, 4) is 0 Å². The van der Waals surface area contributed by atoms with Crippen molar-refractivity contribution in [2.24, 2.45) is 17.8 Å². The third-order valence-electron chi connectivity index (χ3n) is 3.05. The molecule has 0 atom stereocenters. The fourth-order valence-electron chi connectivity index (χ4n) is 1.50. The van der Waals surface area contributed by atoms with Gasteiger partial charge in [0.05, 0.1) is 0 Å². The van der Waals surface area contributed by atoms with Crippen LogP contribution in [-0.4, -0.2) is 42.5 Å². The molecule has 0 spiro atoms. The van der Waals surface area contributed by atoms with Gasteiger partial charge in [0.2, 0.25) is 0 Å². The molecule has 1 N–H and O–H groups in total. The summed E-state index contributed by atoms with van der Waals surface area (Å²) in [6.45, 7) is 9.93. The second kappa shape index (κ2) is 8.55. The van der Waals surface area contributed by atoms with E-state index in [1.807, 2.05) is 0 Å². The topological polar surface area (TPSA) is 94.7 Å². The van der Waals surface area contributed by atoms with Gasteiger partial charge in [0.15, 0.2) is 0 Å². The molecule has 0 unspecified atom stereocenters. The quantitative estimate of drug-likeness (QED) is 0.642. The third-order valence-corrected chi connectivity index (χ3v) is 9.84. The Bertz CT molecular complexity index is 524. The Balaban J connectivity index is 3.33. The third kappa shape index (κ3) is 5.25. The fraction of sp³-hybridized carbons (Fsp3) is 0.562. The number of rotatable bonds is 7. The van der Waals surface area contributed by atoms with Crippen LogP contribution in [0.3, 0.4) is 0 Å². The van der Waals surface area contributed by atoms with E-state index in [0.717, 1.165) is 0 Å². The van der Waals surface area contributed by atoms with Crippen LogP contribution in [-0.2, 0) is 23.6 Å². The van der Waals surface area contributed by atoms with Crippen LogP contribution in [0.5, 0.6) is 0 Å². The van der Waals surface area contributed by atoms with Gasteiger partial charge in [-0.05, 0) is 0 Å². The van der Waals surface area contributed by atoms with Crippen LogP contribution < -0.4 is 3.71 Å². The van der Waals surface area contributed by atoms with Crippen LogP contribution in [0.4, 0.5) is 0 Å². The molecule has 0 saturated carbocycles. The van der Waals surface area contributed by atoms with Gasteiger partial charge in [0.1, 0.15) is 0 Å². The molecule has 0 saturated heterocycles. The van der Waals surface area contributed by atoms with E-state index in [-0.39, 0.29) is 0 Å². The second-order valence-electron chi connectivity index (χ2n) is 6.37. The van der Waals surface area contributed by atoms with Crippen LogP contribution in [0.15, 0.2) is 18.3 Å². The number of nitrogens with one attached hydrogen (secondary N) is 1. The van der Waals surface area contributed by atoms with Crippen molar-refractivity contribution in [1.29, 1.82) is 0 Å². The number of aromatic nitrogens is 1. The second-order valence-corrected chi connectivity index (χ2v) is 12.8. The monoisotopic (exact) mass is 447 g/mol. The first-order chi connectivity index (χ1) is 11.1. The molecule has 134 valence electrons. The van der Waals surface area contributed by atoms with E-state index >= 15 is 0 Å². The number of hydrogen-bond donors (Lipinski definition) is 1. The average molecular weight is 446 g/mol. The SMILES string of the molecule is CC(C)C(=O)[O][Sn]([O]C(=O)C(C)C)([O]C(=O)C(C)C)[c]1ccc[nH]1. The molecule has 0 aliphatic rings. The van der Waals surface area contributed by atoms with Crippen molar-refractivity contribution in [3.05, 3.63) is 18.3 Å². The molecular weight excluding hydrogens is 421 g/mol. The van der Waals surface area contributed by atoms with E-state index in [1.165, 1.54) is 0 Å². The molecule has 1 heterocycles. The van der Waals surface area contributed by atoms with Gasteiger partial charge in [-0.25, -0.2) is 0 Å². The molecule has 0 aliphatic carbocycles. The first kappa shape index (κ1) is 20.5. The van der Waals surface area contributed by atoms with Crippen molar-refractivity contribution < 1.29 is 23.6 Å². The van der Waals surface area contributed by atoms with Crippen molar-refractivity contribution in [3.63, 3.8) is 0 Å². The van der Waals surface area contributed by atoms with E-state index in [9.17, 15) is 14.4 Å². The van der Waals surface area contributed by atoms with E-state index in [1.54, 1.807) is 59.9 Å². The molecule has 0 fully saturated rings. The van der Waals surface area contributed by atoms with E-state index < -0.39 is 55.3 Å². The molecule has 0 bridgehead atoms. The van der Waals surface area contributed by atoms with Crippen molar-refractivity contribution in [2.75, 3.05) is 0 Å². The van der Waals surface area contributed by atoms with Crippen molar-refractivity contribution in [1.82, 2.24) is 4.98 Å². The first-order valence-electron chi connectivity index (χ1n) is 7.91. The number of hydrogen-bond acceptors (Lipinski definition) is 6. The molecule has 1 rings (SSSR count). The van der Waals surface area contributed by atoms with Crippen LogP contribution in [0, 0.1) is 17.8 Å². The molecule has 24 heavy (non-hydrogen) atoms. The molecule has 7 nitrogen and oxygen atoms in total. The maximum atomic E-state index is 12.2. The van der Waals surface area contributed by atoms with Gasteiger partial charge in [-0.2, -0.15) is 0 Å². The summed E-state index contributed by atoms with van der Waals surface area (Å²) in [6.07, 6.45) is 1.59.